The first-order chi connectivity index (χ1) is 67.3. The third-order valence-electron chi connectivity index (χ3n) is 23.3. The normalized spacial score (nSPS) is 13.4. The van der Waals surface area contributed by atoms with Gasteiger partial charge in [-0.1, -0.05) is 130 Å². The largest absolute Gasteiger partial charge is 0.508 e. The number of benzene rings is 10. The Balaban J connectivity index is 0.000000162. The van der Waals surface area contributed by atoms with E-state index in [2.05, 4.69) is 85.5 Å². The van der Waals surface area contributed by atoms with Crippen molar-refractivity contribution >= 4 is 111 Å². The van der Waals surface area contributed by atoms with E-state index >= 15 is 0 Å². The summed E-state index contributed by atoms with van der Waals surface area (Å²) in [5.41, 5.74) is 16.8. The number of imide groups is 1. The van der Waals surface area contributed by atoms with Crippen LogP contribution in [0.1, 0.15) is 168 Å². The van der Waals surface area contributed by atoms with Crippen LogP contribution in [-0.4, -0.2) is 162 Å². The van der Waals surface area contributed by atoms with Gasteiger partial charge in [-0.2, -0.15) is 4.99 Å². The highest BCUT2D eigenvalue weighted by Crippen LogP contribution is 2.39. The van der Waals surface area contributed by atoms with Gasteiger partial charge in [-0.15, -0.1) is 0 Å². The number of amides is 5. The number of carbonyl (C=O) groups is 5. The number of hydrogen-bond donors (Lipinski definition) is 5. The Hall–Kier alpha value is -14.4. The lowest BCUT2D eigenvalue weighted by Gasteiger charge is -2.31. The number of fused-ring (bicyclic) bond motifs is 2. The number of phenols is 1. The van der Waals surface area contributed by atoms with E-state index in [9.17, 15) is 50.7 Å². The molecule has 1 saturated carbocycles. The van der Waals surface area contributed by atoms with Crippen molar-refractivity contribution in [3.63, 3.8) is 0 Å². The number of anilines is 4. The van der Waals surface area contributed by atoms with Crippen molar-refractivity contribution in [2.75, 3.05) is 93.0 Å². The second-order valence-corrected chi connectivity index (χ2v) is 38.7. The molecule has 5 heterocycles. The molecule has 2 saturated heterocycles. The number of aliphatic imine (C=N–C) groups is 1. The summed E-state index contributed by atoms with van der Waals surface area (Å²) in [7, 11) is -3.36. The van der Waals surface area contributed by atoms with Crippen LogP contribution in [0.3, 0.4) is 0 Å². The van der Waals surface area contributed by atoms with Gasteiger partial charge in [-0.3, -0.25) is 42.3 Å². The molecule has 0 atom stereocenters. The Labute approximate surface area is 828 Å². The number of para-hydroxylation sites is 3. The molecule has 6 N–H and O–H groups in total. The number of allylic oxidation sites excluding steroid dienone is 1. The van der Waals surface area contributed by atoms with Crippen LogP contribution in [0, 0.1) is 34.6 Å². The molecular weight excluding hydrogens is 1880 g/mol. The minimum absolute atomic E-state index is 0.0948. The number of sulfonamides is 2. The molecule has 5 amide bonds. The van der Waals surface area contributed by atoms with Gasteiger partial charge in [-0.25, -0.2) is 26.8 Å². The predicted octanol–water partition coefficient (Wildman–Crippen LogP) is 20.5. The maximum Gasteiger partial charge on any atom is 0.264 e. The molecule has 12 aromatic rings. The summed E-state index contributed by atoms with van der Waals surface area (Å²) in [5, 5.41) is 19.4. The molecule has 2 aromatic heterocycles. The number of nitrogens with zero attached hydrogens (tertiary/aromatic N) is 8. The summed E-state index contributed by atoms with van der Waals surface area (Å²) in [4.78, 5) is 92.6. The molecule has 3 fully saturated rings. The Morgan fingerprint density at radius 2 is 1.10 bits per heavy atom. The predicted molar refractivity (Wildman–Crippen MR) is 552 cm³/mol. The molecule has 10 aromatic carbocycles. The fourth-order valence-electron chi connectivity index (χ4n) is 16.1. The molecule has 1 aliphatic carbocycles. The molecule has 3 aliphatic heterocycles. The topological polar surface area (TPSA) is 367 Å². The average molecular weight is 2010 g/mol. The highest BCUT2D eigenvalue weighted by atomic mass is 79.9. The number of aromatic hydroxyl groups is 1. The summed E-state index contributed by atoms with van der Waals surface area (Å²) in [6.45, 7) is 22.7. The van der Waals surface area contributed by atoms with Crippen LogP contribution >= 0.6 is 15.9 Å². The molecule has 0 spiro atoms. The lowest BCUT2D eigenvalue weighted by Crippen LogP contribution is -2.45. The molecule has 736 valence electrons. The van der Waals surface area contributed by atoms with Gasteiger partial charge >= 0.3 is 0 Å². The zero-order chi connectivity index (χ0) is 101. The summed E-state index contributed by atoms with van der Waals surface area (Å²) in [6.07, 6.45) is 13.8. The Bertz CT molecular complexity index is 6520. The summed E-state index contributed by atoms with van der Waals surface area (Å²) >= 11 is 3.38. The van der Waals surface area contributed by atoms with Gasteiger partial charge in [-0.05, 0) is 278 Å². The van der Waals surface area contributed by atoms with E-state index < -0.39 is 20.0 Å². The first-order valence-corrected chi connectivity index (χ1v) is 50.2. The second kappa shape index (κ2) is 51.3. The number of rotatable bonds is 28. The number of piperidine rings is 2. The van der Waals surface area contributed by atoms with Crippen molar-refractivity contribution in [3.05, 3.63) is 320 Å². The number of halogens is 1. The fourth-order valence-corrected chi connectivity index (χ4v) is 19.5. The van der Waals surface area contributed by atoms with Crippen LogP contribution < -0.4 is 59.4 Å². The fraction of sp³-hybridized carbons (Fsp3) is 0.306. The van der Waals surface area contributed by atoms with Crippen LogP contribution in [0.15, 0.2) is 284 Å². The summed E-state index contributed by atoms with van der Waals surface area (Å²) in [5.74, 6) is 2.99. The number of nitrogens with one attached hydrogen (secondary N) is 3. The van der Waals surface area contributed by atoms with E-state index in [1.807, 2.05) is 83.1 Å². The Morgan fingerprint density at radius 1 is 0.571 bits per heavy atom. The van der Waals surface area contributed by atoms with Gasteiger partial charge in [0.05, 0.1) is 70.1 Å². The molecule has 16 rings (SSSR count). The Kier molecular flexibility index (Phi) is 38.9. The van der Waals surface area contributed by atoms with Crippen molar-refractivity contribution in [1.82, 2.24) is 30.0 Å². The monoisotopic (exact) mass is 2000 g/mol. The smallest absolute Gasteiger partial charge is 0.264 e. The number of aryl methyl sites for hydroxylation is 5. The molecule has 29 nitrogen and oxygen atoms in total. The molecule has 140 heavy (non-hydrogen) atoms. The number of nitrogens with two attached hydrogens (primary N) is 1. The molecular formula is C108H123BrN12O17S2. The first-order valence-electron chi connectivity index (χ1n) is 46.6. The molecule has 4 aliphatic rings. The van der Waals surface area contributed by atoms with E-state index in [0.717, 1.165) is 99.7 Å². The number of aromatic nitrogens is 2. The molecule has 0 bridgehead atoms. The van der Waals surface area contributed by atoms with Gasteiger partial charge < -0.3 is 64.7 Å². The van der Waals surface area contributed by atoms with Crippen LogP contribution in [0.2, 0.25) is 0 Å². The number of hydrogen-bond acceptors (Lipinski definition) is 21. The standard InChI is InChI=1S/C21H26N2O5S.C21H26N2O4S.C18H22N2O2.C16H16BrNO2.C16H21N5.C16H12O4/c1-27-17-11-12-20(28-2)19(15-17)23(16-21(24)22-13-7-4-8-14-22)29(25,26)18-9-5-3-6-10-18;1-2-27-20-14-8-7-13-19(20)23(17-21(24)22-15-9-4-10-16-22)28(25,26)18-11-5-3-6-12-18;1-13(19-14-8-2-3-9-14)7-6-12-20-17(21)15-10-4-5-11-16(15)18(20)22;1-10-6-11(2)8-13(7-10)18-16(19)12-4-5-15(20-3)14(17)9-12;1-10(2)13-5-7-14(8-6-13)20-15(17)21-16-18-11(3)9-12(4)19-16;1-10-13(17)8-7-12-15(18)14(9-19-16(10)12)20-11-5-3-2-4-6-11/h3,5-6,9-12,15H,4,7-8,13-14,16H2,1-2H3;3,5-8,11-14H,2,4,9-10,15-17H2,1H3;4-5,10-11,14,19H,1-3,6-9,12H2;4-9H,1-3H3,(H,18,19);5-10H,1-4H3,(H3,17,18,19,20,21);2-9,17H,1H3. The second-order valence-electron chi connectivity index (χ2n) is 34.1. The van der Waals surface area contributed by atoms with E-state index in [0.29, 0.717) is 125 Å². The third kappa shape index (κ3) is 29.4. The minimum Gasteiger partial charge on any atom is -0.508 e. The number of phenolic OH excluding ortho intramolecular Hbond substituents is 1. The highest BCUT2D eigenvalue weighted by Gasteiger charge is 2.37. The lowest BCUT2D eigenvalue weighted by molar-refractivity contribution is -0.131. The molecule has 0 unspecified atom stereocenters. The quantitative estimate of drug-likeness (QED) is 0.0173. The van der Waals surface area contributed by atoms with Crippen molar-refractivity contribution in [2.45, 2.75) is 154 Å². The lowest BCUT2D eigenvalue weighted by atomic mass is 10.0. The van der Waals surface area contributed by atoms with Gasteiger partial charge in [0.25, 0.3) is 43.7 Å². The van der Waals surface area contributed by atoms with Crippen molar-refractivity contribution in [3.8, 4) is 40.2 Å². The van der Waals surface area contributed by atoms with Crippen molar-refractivity contribution in [2.24, 2.45) is 10.7 Å². The van der Waals surface area contributed by atoms with E-state index in [1.165, 1.54) is 97.3 Å². The summed E-state index contributed by atoms with van der Waals surface area (Å²) < 4.78 is 89.2. The highest BCUT2D eigenvalue weighted by molar-refractivity contribution is 9.10. The van der Waals surface area contributed by atoms with Crippen molar-refractivity contribution in [1.29, 1.82) is 0 Å². The molecule has 0 radical (unpaired) electrons. The summed E-state index contributed by atoms with van der Waals surface area (Å²) in [6, 6.07) is 68.9. The molecule has 32 heteroatoms. The Morgan fingerprint density at radius 3 is 1.64 bits per heavy atom. The van der Waals surface area contributed by atoms with Gasteiger partial charge in [0, 0.05) is 84.4 Å². The van der Waals surface area contributed by atoms with E-state index in [4.69, 9.17) is 33.8 Å². The van der Waals surface area contributed by atoms with Crippen LogP contribution in [0.4, 0.5) is 28.7 Å². The SMILES string of the molecule is C=C(CCCN1C(=O)c2ccccc2C1=O)NC1CCCC1.CCOc1ccccc1N(CC(=O)N1CCCCC1)S(=O)(=O)c1ccccc1.COc1ccc(C(=O)Nc2cc(C)cc(C)c2)cc1Br.COc1ccc(OC)c(N(CC(=O)N2CCCCC2)S(=O)(=O)c2ccccc2)c1.Cc1c(O)ccc2c(=O)c(Oc3ccccc3)coc12.Cc1cc(C)nc(N=C(N)Nc2ccc(C(C)C)cc2)n1. The maximum absolute atomic E-state index is 13.5. The van der Waals surface area contributed by atoms with Gasteiger partial charge in [0.2, 0.25) is 29.0 Å². The van der Waals surface area contributed by atoms with Gasteiger partial charge in [0.1, 0.15) is 59.4 Å². The van der Waals surface area contributed by atoms with Crippen LogP contribution in [0.5, 0.6) is 40.2 Å². The zero-order valence-corrected chi connectivity index (χ0v) is 84.1. The number of likely N-dealkylation sites (tertiary alicyclic amines) is 2. The maximum atomic E-state index is 13.5. The average Bonchev–Trinajstić information content (AvgIpc) is 1.64. The van der Waals surface area contributed by atoms with Crippen molar-refractivity contribution < 1.29 is 74.0 Å². The number of guanidine groups is 1. The number of methoxy groups -OCH3 is 3. The van der Waals surface area contributed by atoms with Crippen LogP contribution in [-0.2, 0) is 29.6 Å². The zero-order valence-electron chi connectivity index (χ0n) is 80.9. The van der Waals surface area contributed by atoms with E-state index in [1.54, 1.807) is 157 Å². The number of carbonyl (C=O) groups excluding carboxylic acids is 5. The third-order valence-corrected chi connectivity index (χ3v) is 27.4. The van der Waals surface area contributed by atoms with Crippen LogP contribution in [0.25, 0.3) is 11.0 Å². The number of ether oxygens (including phenoxy) is 5. The van der Waals surface area contributed by atoms with E-state index in [-0.39, 0.29) is 81.0 Å². The minimum atomic E-state index is -4.00. The first kappa shape index (κ1) is 106. The van der Waals surface area contributed by atoms with Gasteiger partial charge in [0.15, 0.2) is 0 Å².